The highest BCUT2D eigenvalue weighted by atomic mass is 16.2. The zero-order chi connectivity index (χ0) is 20.4. The first-order valence-corrected chi connectivity index (χ1v) is 11.0. The van der Waals surface area contributed by atoms with Gasteiger partial charge >= 0.3 is 0 Å². The first-order chi connectivity index (χ1) is 14.0. The summed E-state index contributed by atoms with van der Waals surface area (Å²) in [6.45, 7) is 5.26. The van der Waals surface area contributed by atoms with Gasteiger partial charge in [0.2, 0.25) is 5.91 Å². The molecular formula is C23H32N4O2. The Morgan fingerprint density at radius 2 is 1.83 bits per heavy atom. The highest BCUT2D eigenvalue weighted by molar-refractivity contribution is 5.77. The summed E-state index contributed by atoms with van der Waals surface area (Å²) in [4.78, 5) is 34.4. The molecule has 1 aromatic carbocycles. The van der Waals surface area contributed by atoms with Crippen molar-refractivity contribution in [3.8, 4) is 0 Å². The Morgan fingerprint density at radius 3 is 2.55 bits per heavy atom. The van der Waals surface area contributed by atoms with Crippen LogP contribution in [0.25, 0.3) is 10.9 Å². The summed E-state index contributed by atoms with van der Waals surface area (Å²) < 4.78 is 1.67. The molecule has 29 heavy (non-hydrogen) atoms. The summed E-state index contributed by atoms with van der Waals surface area (Å²) in [5, 5.41) is 0.656. The lowest BCUT2D eigenvalue weighted by Gasteiger charge is -2.38. The molecule has 6 heteroatoms. The van der Waals surface area contributed by atoms with Gasteiger partial charge in [0.1, 0.15) is 5.82 Å². The van der Waals surface area contributed by atoms with Crippen LogP contribution in [0.4, 0.5) is 0 Å². The average molecular weight is 397 g/mol. The average Bonchev–Trinajstić information content (AvgIpc) is 3.28. The lowest BCUT2D eigenvalue weighted by Crippen LogP contribution is -2.49. The van der Waals surface area contributed by atoms with Gasteiger partial charge in [0.25, 0.3) is 5.56 Å². The molecule has 0 N–H and O–H groups in total. The normalized spacial score (nSPS) is 19.7. The molecule has 1 aromatic heterocycles. The molecule has 2 aromatic rings. The van der Waals surface area contributed by atoms with Crippen LogP contribution in [-0.4, -0.2) is 51.4 Å². The van der Waals surface area contributed by atoms with Gasteiger partial charge in [0, 0.05) is 39.6 Å². The number of carbonyl (C=O) groups excluding carboxylic acids is 1. The number of rotatable bonds is 5. The maximum atomic E-state index is 12.7. The summed E-state index contributed by atoms with van der Waals surface area (Å²) >= 11 is 0. The van der Waals surface area contributed by atoms with Gasteiger partial charge in [-0.2, -0.15) is 0 Å². The van der Waals surface area contributed by atoms with Gasteiger partial charge in [-0.05, 0) is 31.4 Å². The number of piperazine rings is 1. The van der Waals surface area contributed by atoms with E-state index < -0.39 is 0 Å². The van der Waals surface area contributed by atoms with Gasteiger partial charge in [0.05, 0.1) is 16.9 Å². The molecule has 1 atom stereocenters. The molecule has 1 unspecified atom stereocenters. The second-order valence-corrected chi connectivity index (χ2v) is 8.63. The Balaban J connectivity index is 1.38. The number of aromatic nitrogens is 2. The molecule has 2 heterocycles. The standard InChI is InChI=1S/C23H32N4O2/c1-17(22-24-20-10-6-5-9-19(20)23(29)25(22)2)26-13-15-27(16-14-26)21(28)12-11-18-7-3-4-8-18/h5-6,9-10,17-18H,3-4,7-8,11-16H2,1-2H3. The van der Waals surface area contributed by atoms with Crippen molar-refractivity contribution >= 4 is 16.8 Å². The fourth-order valence-corrected chi connectivity index (χ4v) is 4.92. The maximum absolute atomic E-state index is 12.7. The maximum Gasteiger partial charge on any atom is 0.261 e. The van der Waals surface area contributed by atoms with Crippen LogP contribution in [0.2, 0.25) is 0 Å². The second-order valence-electron chi connectivity index (χ2n) is 8.63. The minimum Gasteiger partial charge on any atom is -0.340 e. The quantitative estimate of drug-likeness (QED) is 0.779. The molecule has 0 spiro atoms. The van der Waals surface area contributed by atoms with Crippen molar-refractivity contribution < 1.29 is 4.79 Å². The van der Waals surface area contributed by atoms with Gasteiger partial charge < -0.3 is 4.90 Å². The van der Waals surface area contributed by atoms with Crippen LogP contribution >= 0.6 is 0 Å². The zero-order valence-corrected chi connectivity index (χ0v) is 17.6. The molecule has 2 fully saturated rings. The molecule has 2 aliphatic rings. The van der Waals surface area contributed by atoms with E-state index in [1.54, 1.807) is 11.6 Å². The van der Waals surface area contributed by atoms with Crippen molar-refractivity contribution in [1.29, 1.82) is 0 Å². The number of para-hydroxylation sites is 1. The van der Waals surface area contributed by atoms with Crippen molar-refractivity contribution in [3.05, 3.63) is 40.4 Å². The zero-order valence-electron chi connectivity index (χ0n) is 17.6. The highest BCUT2D eigenvalue weighted by Gasteiger charge is 2.27. The number of carbonyl (C=O) groups is 1. The summed E-state index contributed by atoms with van der Waals surface area (Å²) in [6.07, 6.45) is 7.02. The number of amides is 1. The predicted molar refractivity (Wildman–Crippen MR) is 115 cm³/mol. The summed E-state index contributed by atoms with van der Waals surface area (Å²) in [5.74, 6) is 1.86. The molecule has 1 aliphatic carbocycles. The smallest absolute Gasteiger partial charge is 0.261 e. The first-order valence-electron chi connectivity index (χ1n) is 11.0. The Morgan fingerprint density at radius 1 is 1.14 bits per heavy atom. The first kappa shape index (κ1) is 20.1. The van der Waals surface area contributed by atoms with Crippen LogP contribution in [0.5, 0.6) is 0 Å². The molecule has 1 saturated heterocycles. The van der Waals surface area contributed by atoms with E-state index in [1.807, 2.05) is 29.2 Å². The van der Waals surface area contributed by atoms with E-state index in [9.17, 15) is 9.59 Å². The van der Waals surface area contributed by atoms with Crippen molar-refractivity contribution in [2.75, 3.05) is 26.2 Å². The molecule has 0 radical (unpaired) electrons. The number of hydrogen-bond acceptors (Lipinski definition) is 4. The topological polar surface area (TPSA) is 58.4 Å². The summed E-state index contributed by atoms with van der Waals surface area (Å²) in [7, 11) is 1.80. The van der Waals surface area contributed by atoms with Crippen LogP contribution in [0.3, 0.4) is 0 Å². The van der Waals surface area contributed by atoms with Crippen LogP contribution in [0, 0.1) is 5.92 Å². The number of hydrogen-bond donors (Lipinski definition) is 0. The fraction of sp³-hybridized carbons (Fsp3) is 0.609. The monoisotopic (exact) mass is 396 g/mol. The van der Waals surface area contributed by atoms with Crippen LogP contribution in [0.15, 0.2) is 29.1 Å². The summed E-state index contributed by atoms with van der Waals surface area (Å²) in [5.41, 5.74) is 0.747. The van der Waals surface area contributed by atoms with Crippen LogP contribution in [0.1, 0.15) is 57.3 Å². The summed E-state index contributed by atoms with van der Waals surface area (Å²) in [6, 6.07) is 7.55. The third-order valence-corrected chi connectivity index (χ3v) is 6.85. The lowest BCUT2D eigenvalue weighted by molar-refractivity contribution is -0.133. The fourth-order valence-electron chi connectivity index (χ4n) is 4.92. The molecule has 1 saturated carbocycles. The largest absolute Gasteiger partial charge is 0.340 e. The van der Waals surface area contributed by atoms with E-state index in [0.29, 0.717) is 17.7 Å². The Labute approximate surface area is 172 Å². The van der Waals surface area contributed by atoms with E-state index >= 15 is 0 Å². The van der Waals surface area contributed by atoms with Crippen LogP contribution in [-0.2, 0) is 11.8 Å². The Kier molecular flexibility index (Phi) is 5.99. The Hall–Kier alpha value is -2.21. The predicted octanol–water partition coefficient (Wildman–Crippen LogP) is 3.11. The molecule has 4 rings (SSSR count). The highest BCUT2D eigenvalue weighted by Crippen LogP contribution is 2.29. The lowest BCUT2D eigenvalue weighted by atomic mass is 10.0. The molecule has 0 bridgehead atoms. The van der Waals surface area contributed by atoms with Crippen molar-refractivity contribution in [3.63, 3.8) is 0 Å². The van der Waals surface area contributed by atoms with Gasteiger partial charge in [-0.3, -0.25) is 19.1 Å². The molecule has 1 aliphatic heterocycles. The Bertz CT molecular complexity index is 924. The second kappa shape index (κ2) is 8.66. The van der Waals surface area contributed by atoms with Crippen molar-refractivity contribution in [2.45, 2.75) is 51.5 Å². The number of fused-ring (bicyclic) bond motifs is 1. The van der Waals surface area contributed by atoms with E-state index in [2.05, 4.69) is 11.8 Å². The van der Waals surface area contributed by atoms with Gasteiger partial charge in [-0.15, -0.1) is 0 Å². The van der Waals surface area contributed by atoms with E-state index in [1.165, 1.54) is 25.7 Å². The van der Waals surface area contributed by atoms with Crippen LogP contribution < -0.4 is 5.56 Å². The minimum absolute atomic E-state index is 0.00169. The van der Waals surface area contributed by atoms with Crippen molar-refractivity contribution in [2.24, 2.45) is 13.0 Å². The third kappa shape index (κ3) is 4.22. The minimum atomic E-state index is -0.00169. The molecular weight excluding hydrogens is 364 g/mol. The van der Waals surface area contributed by atoms with Gasteiger partial charge in [-0.25, -0.2) is 4.98 Å². The molecule has 1 amide bonds. The SMILES string of the molecule is CC(c1nc2ccccc2c(=O)n1C)N1CCN(C(=O)CCC2CCCC2)CC1. The molecule has 156 valence electrons. The third-order valence-electron chi connectivity index (χ3n) is 6.85. The number of benzene rings is 1. The van der Waals surface area contributed by atoms with E-state index in [4.69, 9.17) is 4.98 Å². The van der Waals surface area contributed by atoms with Gasteiger partial charge in [0.15, 0.2) is 0 Å². The molecule has 6 nitrogen and oxygen atoms in total. The van der Waals surface area contributed by atoms with Gasteiger partial charge in [-0.1, -0.05) is 37.8 Å². The number of nitrogens with zero attached hydrogens (tertiary/aromatic N) is 4. The van der Waals surface area contributed by atoms with Crippen molar-refractivity contribution in [1.82, 2.24) is 19.4 Å². The van der Waals surface area contributed by atoms with E-state index in [0.717, 1.165) is 49.9 Å². The van der Waals surface area contributed by atoms with E-state index in [-0.39, 0.29) is 11.6 Å².